The van der Waals surface area contributed by atoms with Crippen LogP contribution in [0.15, 0.2) is 0 Å². The van der Waals surface area contributed by atoms with E-state index in [-0.39, 0.29) is 0 Å². The summed E-state index contributed by atoms with van der Waals surface area (Å²) in [6, 6.07) is 0. The maximum Gasteiger partial charge on any atom is 0.0624 e. The summed E-state index contributed by atoms with van der Waals surface area (Å²) in [5.74, 6) is 0. The van der Waals surface area contributed by atoms with Gasteiger partial charge in [0.15, 0.2) is 0 Å². The Morgan fingerprint density at radius 3 is 2.47 bits per heavy atom. The van der Waals surface area contributed by atoms with Gasteiger partial charge in [-0.1, -0.05) is 6.92 Å². The zero-order valence-corrected chi connectivity index (χ0v) is 11.7. The summed E-state index contributed by atoms with van der Waals surface area (Å²) in [5.41, 5.74) is 0. The summed E-state index contributed by atoms with van der Waals surface area (Å²) in [6.07, 6.45) is 6.96. The van der Waals surface area contributed by atoms with Crippen molar-refractivity contribution in [2.75, 3.05) is 19.7 Å². The van der Waals surface area contributed by atoms with Gasteiger partial charge >= 0.3 is 0 Å². The number of unbranched alkanes of at least 4 members (excludes halogenated alkanes) is 2. The molecule has 1 saturated heterocycles. The normalized spacial score (nSPS) is 29.5. The summed E-state index contributed by atoms with van der Waals surface area (Å²) in [4.78, 5) is 0. The Balaban J connectivity index is 1.95. The average Bonchev–Trinajstić information content (AvgIpc) is 2.26. The number of ether oxygens (including phenoxy) is 2. The van der Waals surface area contributed by atoms with E-state index in [1.54, 1.807) is 0 Å². The van der Waals surface area contributed by atoms with Gasteiger partial charge in [-0.05, 0) is 59.0 Å². The highest BCUT2D eigenvalue weighted by atomic mass is 16.5. The molecule has 1 N–H and O–H groups in total. The molecule has 0 radical (unpaired) electrons. The van der Waals surface area contributed by atoms with Crippen LogP contribution >= 0.6 is 0 Å². The predicted octanol–water partition coefficient (Wildman–Crippen LogP) is 2.74. The van der Waals surface area contributed by atoms with Gasteiger partial charge in [-0.15, -0.1) is 0 Å². The molecule has 1 aliphatic rings. The van der Waals surface area contributed by atoms with Crippen LogP contribution in [-0.4, -0.2) is 38.0 Å². The SMILES string of the molecule is CCNCCCCCOC1CC(C)OC(C)C1. The highest BCUT2D eigenvalue weighted by molar-refractivity contribution is 4.73. The van der Waals surface area contributed by atoms with Crippen molar-refractivity contribution in [3.8, 4) is 0 Å². The molecule has 17 heavy (non-hydrogen) atoms. The lowest BCUT2D eigenvalue weighted by atomic mass is 10.0. The lowest BCUT2D eigenvalue weighted by molar-refractivity contribution is -0.102. The van der Waals surface area contributed by atoms with E-state index in [0.717, 1.165) is 32.5 Å². The summed E-state index contributed by atoms with van der Waals surface area (Å²) < 4.78 is 11.6. The van der Waals surface area contributed by atoms with Gasteiger partial charge in [-0.25, -0.2) is 0 Å². The first-order valence-electron chi connectivity index (χ1n) is 7.20. The Labute approximate surface area is 106 Å². The fraction of sp³-hybridized carbons (Fsp3) is 1.00. The molecule has 1 fully saturated rings. The van der Waals surface area contributed by atoms with E-state index >= 15 is 0 Å². The van der Waals surface area contributed by atoms with Crippen LogP contribution in [0.25, 0.3) is 0 Å². The fourth-order valence-corrected chi connectivity index (χ4v) is 2.44. The topological polar surface area (TPSA) is 30.5 Å². The third kappa shape index (κ3) is 7.02. The van der Waals surface area contributed by atoms with Crippen LogP contribution in [0.5, 0.6) is 0 Å². The monoisotopic (exact) mass is 243 g/mol. The molecule has 0 amide bonds. The van der Waals surface area contributed by atoms with E-state index in [1.807, 2.05) is 0 Å². The van der Waals surface area contributed by atoms with Crippen LogP contribution in [0, 0.1) is 0 Å². The molecule has 3 heteroatoms. The first-order chi connectivity index (χ1) is 8.22. The van der Waals surface area contributed by atoms with Crippen molar-refractivity contribution in [1.82, 2.24) is 5.32 Å². The van der Waals surface area contributed by atoms with E-state index < -0.39 is 0 Å². The maximum atomic E-state index is 5.93. The van der Waals surface area contributed by atoms with E-state index in [9.17, 15) is 0 Å². The quantitative estimate of drug-likeness (QED) is 0.665. The van der Waals surface area contributed by atoms with Crippen LogP contribution in [0.3, 0.4) is 0 Å². The summed E-state index contributed by atoms with van der Waals surface area (Å²) in [7, 11) is 0. The van der Waals surface area contributed by atoms with Crippen LogP contribution in [-0.2, 0) is 9.47 Å². The highest BCUT2D eigenvalue weighted by Gasteiger charge is 2.24. The third-order valence-electron chi connectivity index (χ3n) is 3.26. The molecule has 0 bridgehead atoms. The second kappa shape index (κ2) is 8.90. The van der Waals surface area contributed by atoms with Gasteiger partial charge in [0.25, 0.3) is 0 Å². The van der Waals surface area contributed by atoms with Crippen molar-refractivity contribution in [1.29, 1.82) is 0 Å². The molecule has 1 aliphatic heterocycles. The molecule has 3 nitrogen and oxygen atoms in total. The smallest absolute Gasteiger partial charge is 0.0624 e. The first kappa shape index (κ1) is 14.9. The van der Waals surface area contributed by atoms with Crippen molar-refractivity contribution in [3.05, 3.63) is 0 Å². The molecule has 0 aromatic rings. The molecule has 2 atom stereocenters. The minimum Gasteiger partial charge on any atom is -0.378 e. The van der Waals surface area contributed by atoms with Crippen molar-refractivity contribution in [2.24, 2.45) is 0 Å². The predicted molar refractivity (Wildman–Crippen MR) is 71.4 cm³/mol. The van der Waals surface area contributed by atoms with Gasteiger partial charge in [-0.2, -0.15) is 0 Å². The number of nitrogens with one attached hydrogen (secondary N) is 1. The fourth-order valence-electron chi connectivity index (χ4n) is 2.44. The number of hydrogen-bond acceptors (Lipinski definition) is 3. The maximum absolute atomic E-state index is 5.93. The van der Waals surface area contributed by atoms with Gasteiger partial charge in [0, 0.05) is 6.61 Å². The highest BCUT2D eigenvalue weighted by Crippen LogP contribution is 2.21. The van der Waals surface area contributed by atoms with E-state index in [4.69, 9.17) is 9.47 Å². The molecule has 1 heterocycles. The Bertz CT molecular complexity index is 177. The molecule has 1 rings (SSSR count). The molecular weight excluding hydrogens is 214 g/mol. The van der Waals surface area contributed by atoms with Gasteiger partial charge in [0.2, 0.25) is 0 Å². The van der Waals surface area contributed by atoms with Crippen LogP contribution in [0.4, 0.5) is 0 Å². The van der Waals surface area contributed by atoms with E-state index in [0.29, 0.717) is 18.3 Å². The lowest BCUT2D eigenvalue weighted by Crippen LogP contribution is -2.34. The summed E-state index contributed by atoms with van der Waals surface area (Å²) in [5, 5.41) is 3.34. The van der Waals surface area contributed by atoms with Gasteiger partial charge in [0.1, 0.15) is 0 Å². The van der Waals surface area contributed by atoms with Crippen molar-refractivity contribution < 1.29 is 9.47 Å². The Morgan fingerprint density at radius 2 is 1.82 bits per heavy atom. The zero-order valence-electron chi connectivity index (χ0n) is 11.7. The van der Waals surface area contributed by atoms with Crippen molar-refractivity contribution >= 4 is 0 Å². The van der Waals surface area contributed by atoms with Gasteiger partial charge in [0.05, 0.1) is 18.3 Å². The van der Waals surface area contributed by atoms with E-state index in [1.165, 1.54) is 19.3 Å². The second-order valence-electron chi connectivity index (χ2n) is 5.14. The Hall–Kier alpha value is -0.120. The molecule has 0 aromatic heterocycles. The molecule has 0 saturated carbocycles. The third-order valence-corrected chi connectivity index (χ3v) is 3.26. The Morgan fingerprint density at radius 1 is 1.12 bits per heavy atom. The summed E-state index contributed by atoms with van der Waals surface area (Å²) >= 11 is 0. The van der Waals surface area contributed by atoms with Gasteiger partial charge < -0.3 is 14.8 Å². The van der Waals surface area contributed by atoms with Crippen molar-refractivity contribution in [2.45, 2.75) is 71.2 Å². The molecular formula is C14H29NO2. The minimum atomic E-state index is 0.359. The molecule has 0 aliphatic carbocycles. The van der Waals surface area contributed by atoms with Crippen LogP contribution in [0.1, 0.15) is 52.9 Å². The minimum absolute atomic E-state index is 0.359. The second-order valence-corrected chi connectivity index (χ2v) is 5.14. The average molecular weight is 243 g/mol. The lowest BCUT2D eigenvalue weighted by Gasteiger charge is -2.32. The summed E-state index contributed by atoms with van der Waals surface area (Å²) in [6.45, 7) is 9.56. The Kier molecular flexibility index (Phi) is 7.82. The van der Waals surface area contributed by atoms with Crippen LogP contribution in [0.2, 0.25) is 0 Å². The molecule has 0 spiro atoms. The molecule has 102 valence electrons. The number of hydrogen-bond donors (Lipinski definition) is 1. The standard InChI is InChI=1S/C14H29NO2/c1-4-15-8-6-5-7-9-16-14-10-12(2)17-13(3)11-14/h12-15H,4-11H2,1-3H3. The first-order valence-corrected chi connectivity index (χ1v) is 7.20. The number of rotatable bonds is 8. The van der Waals surface area contributed by atoms with Crippen LogP contribution < -0.4 is 5.32 Å². The van der Waals surface area contributed by atoms with E-state index in [2.05, 4.69) is 26.1 Å². The molecule has 2 unspecified atom stereocenters. The van der Waals surface area contributed by atoms with Gasteiger partial charge in [-0.3, -0.25) is 0 Å². The zero-order chi connectivity index (χ0) is 12.5. The molecule has 0 aromatic carbocycles. The van der Waals surface area contributed by atoms with Crippen molar-refractivity contribution in [3.63, 3.8) is 0 Å². The largest absolute Gasteiger partial charge is 0.378 e.